The molecule has 1 aromatic carbocycles. The number of unbranched alkanes of at least 4 members (excludes halogenated alkanes) is 12. The highest BCUT2D eigenvalue weighted by atomic mass is 16.3. The second-order valence-electron chi connectivity index (χ2n) is 22.5. The number of rotatable bonds is 48. The normalized spacial score (nSPS) is 14.4. The van der Waals surface area contributed by atoms with E-state index in [2.05, 4.69) is 48.5 Å². The number of nitrogens with two attached hydrogens (primary N) is 3. The zero-order valence-electron chi connectivity index (χ0n) is 51.0. The average molecular weight is 1180 g/mol. The Morgan fingerprint density at radius 1 is 0.583 bits per heavy atom. The highest BCUT2D eigenvalue weighted by Gasteiger charge is 2.36. The molecule has 0 aliphatic heterocycles. The SMILES string of the molecule is CCCCCCCCCCCCCCCC(=O)N[C@@H](CCC(N)=O)C(=O)N[C@H](C(=O)C[C@H](C(=O)N[C@@H](C)C(=O)CCC(=O)N[C@@H](Cc1cnc[nH]1)C(=O)C[C@@H](Cc1ccccc1)C(=O)N[C@@H](CCCN=C(N)N)C(=O)CC)[C@@H](C)CC)[C@@H](C)O. The molecular weight excluding hydrogens is 1070 g/mol. The maximum atomic E-state index is 14.3. The average Bonchev–Trinajstić information content (AvgIpc) is 4.15. The maximum Gasteiger partial charge on any atom is 0.243 e. The van der Waals surface area contributed by atoms with Crippen LogP contribution in [0.1, 0.15) is 207 Å². The van der Waals surface area contributed by atoms with Crippen LogP contribution in [0.2, 0.25) is 0 Å². The lowest BCUT2D eigenvalue weighted by Crippen LogP contribution is -2.55. The number of carbonyl (C=O) groups is 10. The topological polar surface area (TPSA) is 370 Å². The van der Waals surface area contributed by atoms with Crippen molar-refractivity contribution in [2.24, 2.45) is 39.9 Å². The van der Waals surface area contributed by atoms with Gasteiger partial charge in [0.1, 0.15) is 12.1 Å². The molecule has 1 heterocycles. The van der Waals surface area contributed by atoms with E-state index in [-0.39, 0.29) is 82.5 Å². The van der Waals surface area contributed by atoms with E-state index in [1.165, 1.54) is 77.7 Å². The Bertz CT molecular complexity index is 2360. The molecule has 0 spiro atoms. The van der Waals surface area contributed by atoms with E-state index in [1.807, 2.05) is 25.1 Å². The predicted octanol–water partition coefficient (Wildman–Crippen LogP) is 5.35. The molecule has 0 unspecified atom stereocenters. The molecule has 2 aromatic rings. The summed E-state index contributed by atoms with van der Waals surface area (Å²) in [5, 5.41) is 24.3. The molecule has 1 aromatic heterocycles. The molecule has 0 saturated carbocycles. The van der Waals surface area contributed by atoms with Gasteiger partial charge in [-0.2, -0.15) is 0 Å². The number of H-pyrrole nitrogens is 1. The van der Waals surface area contributed by atoms with Crippen LogP contribution in [-0.4, -0.2) is 122 Å². The zero-order valence-corrected chi connectivity index (χ0v) is 51.0. The number of amides is 6. The molecule has 6 amide bonds. The Hall–Kier alpha value is -6.84. The molecule has 22 heteroatoms. The van der Waals surface area contributed by atoms with Gasteiger partial charge in [0.05, 0.1) is 30.6 Å². The number of carbonyl (C=O) groups excluding carboxylic acids is 10. The number of imidazole rings is 1. The van der Waals surface area contributed by atoms with Gasteiger partial charge in [-0.25, -0.2) is 4.98 Å². The third-order valence-electron chi connectivity index (χ3n) is 15.3. The number of primary amides is 1. The first-order valence-electron chi connectivity index (χ1n) is 30.7. The summed E-state index contributed by atoms with van der Waals surface area (Å²) in [6.45, 7) is 10.5. The van der Waals surface area contributed by atoms with Gasteiger partial charge in [-0.15, -0.1) is 0 Å². The van der Waals surface area contributed by atoms with Crippen LogP contribution in [-0.2, 0) is 60.8 Å². The summed E-state index contributed by atoms with van der Waals surface area (Å²) in [4.78, 5) is 146. The summed E-state index contributed by atoms with van der Waals surface area (Å²) in [6, 6.07) is 3.18. The van der Waals surface area contributed by atoms with E-state index in [9.17, 15) is 53.1 Å². The van der Waals surface area contributed by atoms with Gasteiger partial charge in [-0.3, -0.25) is 52.9 Å². The first kappa shape index (κ1) is 73.3. The molecule has 9 atom stereocenters. The lowest BCUT2D eigenvalue weighted by atomic mass is 9.84. The Morgan fingerprint density at radius 2 is 1.19 bits per heavy atom. The number of hydrogen-bond acceptors (Lipinski definition) is 13. The number of hydrogen-bond donors (Lipinski definition) is 10. The Morgan fingerprint density at radius 3 is 1.75 bits per heavy atom. The molecule has 0 radical (unpaired) electrons. The Kier molecular flexibility index (Phi) is 36.7. The number of guanidine groups is 1. The van der Waals surface area contributed by atoms with E-state index in [4.69, 9.17) is 17.2 Å². The summed E-state index contributed by atoms with van der Waals surface area (Å²) in [5.41, 5.74) is 17.6. The van der Waals surface area contributed by atoms with E-state index in [0.717, 1.165) is 31.2 Å². The molecule has 22 nitrogen and oxygen atoms in total. The van der Waals surface area contributed by atoms with Gasteiger partial charge in [0.25, 0.3) is 0 Å². The van der Waals surface area contributed by atoms with Gasteiger partial charge >= 0.3 is 0 Å². The molecular formula is C62H101N11O11. The van der Waals surface area contributed by atoms with Crippen LogP contribution in [0.25, 0.3) is 0 Å². The lowest BCUT2D eigenvalue weighted by molar-refractivity contribution is -0.137. The van der Waals surface area contributed by atoms with Crippen molar-refractivity contribution < 1.29 is 53.1 Å². The number of nitrogens with zero attached hydrogens (tertiary/aromatic N) is 2. The van der Waals surface area contributed by atoms with Crippen molar-refractivity contribution in [1.82, 2.24) is 36.6 Å². The Balaban J connectivity index is 2.10. The number of nitrogens with one attached hydrogen (secondary N) is 6. The minimum Gasteiger partial charge on any atom is -0.391 e. The van der Waals surface area contributed by atoms with Gasteiger partial charge < -0.3 is 53.9 Å². The smallest absolute Gasteiger partial charge is 0.243 e. The third-order valence-corrected chi connectivity index (χ3v) is 15.3. The molecule has 0 bridgehead atoms. The number of Topliss-reactive ketones (excluding diaryl/α,β-unsaturated/α-hetero) is 4. The molecule has 2 rings (SSSR count). The van der Waals surface area contributed by atoms with Crippen LogP contribution >= 0.6 is 0 Å². The summed E-state index contributed by atoms with van der Waals surface area (Å²) >= 11 is 0. The molecule has 0 fully saturated rings. The molecule has 13 N–H and O–H groups in total. The van der Waals surface area contributed by atoms with E-state index >= 15 is 0 Å². The second kappa shape index (κ2) is 42.0. The molecule has 470 valence electrons. The summed E-state index contributed by atoms with van der Waals surface area (Å²) in [7, 11) is 0. The van der Waals surface area contributed by atoms with Gasteiger partial charge in [-0.1, -0.05) is 141 Å². The highest BCUT2D eigenvalue weighted by Crippen LogP contribution is 2.23. The first-order chi connectivity index (χ1) is 40.1. The fourth-order valence-electron chi connectivity index (χ4n) is 9.91. The fraction of sp³-hybridized carbons (Fsp3) is 0.677. The summed E-state index contributed by atoms with van der Waals surface area (Å²) in [6.07, 6.45) is 16.0. The fourth-order valence-corrected chi connectivity index (χ4v) is 9.91. The van der Waals surface area contributed by atoms with Crippen LogP contribution in [0, 0.1) is 17.8 Å². The standard InChI is InChI=1S/C62H101N11O11/c1-7-10-11-12-13-14-15-16-17-18-19-20-24-29-56(80)70-49(30-32-55(63)79)61(84)73-58(43(6)74)54(78)38-47(41(4)8-2)60(83)69-42(5)52(76)31-33-57(81)71-50(37-46-39-66-40-68-46)53(77)36-45(35-44-26-22-21-23-27-44)59(82)72-48(51(75)9-3)28-25-34-67-62(64)65/h21-23,26-27,39-43,45,47-50,58,74H,7-20,24-25,28-38H2,1-6H3,(H2,63,79)(H,66,68)(H,69,83)(H,70,80)(H,71,81)(H,72,82)(H,73,84)(H4,64,65,67)/t41-,42-,43+,45+,47-,48-,49-,50-,58-/m0/s1. The lowest BCUT2D eigenvalue weighted by Gasteiger charge is -2.28. The maximum absolute atomic E-state index is 14.3. The predicted molar refractivity (Wildman–Crippen MR) is 323 cm³/mol. The number of aromatic nitrogens is 2. The van der Waals surface area contributed by atoms with Crippen LogP contribution in [0.15, 0.2) is 47.8 Å². The molecule has 84 heavy (non-hydrogen) atoms. The quantitative estimate of drug-likeness (QED) is 0.0227. The minimum atomic E-state index is -1.50. The van der Waals surface area contributed by atoms with Crippen molar-refractivity contribution in [3.8, 4) is 0 Å². The van der Waals surface area contributed by atoms with E-state index in [1.54, 1.807) is 26.0 Å². The largest absolute Gasteiger partial charge is 0.391 e. The van der Waals surface area contributed by atoms with Gasteiger partial charge in [0.2, 0.25) is 35.4 Å². The summed E-state index contributed by atoms with van der Waals surface area (Å²) < 4.78 is 0. The first-order valence-corrected chi connectivity index (χ1v) is 30.7. The number of aliphatic hydroxyl groups is 1. The number of benzene rings is 1. The molecule has 0 aliphatic rings. The second-order valence-corrected chi connectivity index (χ2v) is 22.5. The van der Waals surface area contributed by atoms with E-state index < -0.39 is 113 Å². The van der Waals surface area contributed by atoms with Gasteiger partial charge in [-0.05, 0) is 57.4 Å². The van der Waals surface area contributed by atoms with Gasteiger partial charge in [0, 0.05) is 81.6 Å². The van der Waals surface area contributed by atoms with Crippen LogP contribution in [0.3, 0.4) is 0 Å². The summed E-state index contributed by atoms with van der Waals surface area (Å²) in [5.74, 6) is -8.10. The van der Waals surface area contributed by atoms with Crippen molar-refractivity contribution in [3.63, 3.8) is 0 Å². The van der Waals surface area contributed by atoms with Crippen LogP contribution in [0.4, 0.5) is 0 Å². The van der Waals surface area contributed by atoms with Crippen molar-refractivity contribution >= 4 is 64.5 Å². The number of ketones is 4. The third kappa shape index (κ3) is 30.6. The van der Waals surface area contributed by atoms with Crippen molar-refractivity contribution in [3.05, 3.63) is 54.1 Å². The van der Waals surface area contributed by atoms with E-state index in [0.29, 0.717) is 25.0 Å². The van der Waals surface area contributed by atoms with Crippen molar-refractivity contribution in [1.29, 1.82) is 0 Å². The molecule has 0 aliphatic carbocycles. The number of aromatic amines is 1. The minimum absolute atomic E-state index is 0.0201. The van der Waals surface area contributed by atoms with Crippen LogP contribution < -0.4 is 43.8 Å². The number of aliphatic hydroxyl groups excluding tert-OH is 1. The van der Waals surface area contributed by atoms with Crippen molar-refractivity contribution in [2.45, 2.75) is 245 Å². The number of aliphatic imine (C=N–C) groups is 1. The molecule has 0 saturated heterocycles. The Labute approximate surface area is 497 Å². The zero-order chi connectivity index (χ0) is 62.4. The van der Waals surface area contributed by atoms with Crippen molar-refractivity contribution in [2.75, 3.05) is 6.54 Å². The van der Waals surface area contributed by atoms with Gasteiger partial charge in [0.15, 0.2) is 29.1 Å². The van der Waals surface area contributed by atoms with Crippen LogP contribution in [0.5, 0.6) is 0 Å². The highest BCUT2D eigenvalue weighted by molar-refractivity contribution is 5.98. The monoisotopic (exact) mass is 1180 g/mol.